The van der Waals surface area contributed by atoms with Crippen LogP contribution in [0.2, 0.25) is 0 Å². The van der Waals surface area contributed by atoms with Crippen molar-refractivity contribution < 1.29 is 0 Å². The molecule has 0 aromatic carbocycles. The average Bonchev–Trinajstić information content (AvgIpc) is 2.50. The van der Waals surface area contributed by atoms with Gasteiger partial charge in [0.05, 0.1) is 0 Å². The number of rotatable bonds is 12. The fourth-order valence-corrected chi connectivity index (χ4v) is 2.56. The van der Waals surface area contributed by atoms with Crippen molar-refractivity contribution in [2.45, 2.75) is 77.7 Å². The summed E-state index contributed by atoms with van der Waals surface area (Å²) in [6, 6.07) is 6.88. The lowest BCUT2D eigenvalue weighted by Crippen LogP contribution is -2.30. The first-order valence-electron chi connectivity index (χ1n) is 8.50. The zero-order valence-corrected chi connectivity index (χ0v) is 13.4. The van der Waals surface area contributed by atoms with Gasteiger partial charge in [-0.1, -0.05) is 52.0 Å². The van der Waals surface area contributed by atoms with Crippen LogP contribution in [0.5, 0.6) is 0 Å². The molecule has 2 heteroatoms. The van der Waals surface area contributed by atoms with Gasteiger partial charge in [0, 0.05) is 17.9 Å². The van der Waals surface area contributed by atoms with Crippen LogP contribution < -0.4 is 5.32 Å². The fraction of sp³-hybridized carbons (Fsp3) is 0.722. The molecule has 1 heterocycles. The van der Waals surface area contributed by atoms with Crippen molar-refractivity contribution in [1.29, 1.82) is 0 Å². The van der Waals surface area contributed by atoms with E-state index in [2.05, 4.69) is 36.3 Å². The smallest absolute Gasteiger partial charge is 0.0404 e. The summed E-state index contributed by atoms with van der Waals surface area (Å²) in [6.45, 7) is 5.66. The summed E-state index contributed by atoms with van der Waals surface area (Å²) in [4.78, 5) is 4.42. The van der Waals surface area contributed by atoms with E-state index in [9.17, 15) is 0 Å². The van der Waals surface area contributed by atoms with E-state index in [1.807, 2.05) is 12.3 Å². The number of aromatic nitrogens is 1. The highest BCUT2D eigenvalue weighted by atomic mass is 14.9. The number of nitrogens with one attached hydrogen (secondary N) is 1. The molecule has 0 aliphatic rings. The van der Waals surface area contributed by atoms with Gasteiger partial charge in [0.1, 0.15) is 0 Å². The number of nitrogens with zero attached hydrogens (tertiary/aromatic N) is 1. The van der Waals surface area contributed by atoms with E-state index in [0.717, 1.165) is 13.0 Å². The second-order valence-electron chi connectivity index (χ2n) is 5.71. The Kier molecular flexibility index (Phi) is 10.2. The summed E-state index contributed by atoms with van der Waals surface area (Å²) in [7, 11) is 0. The van der Waals surface area contributed by atoms with Gasteiger partial charge in [-0.05, 0) is 44.4 Å². The second-order valence-corrected chi connectivity index (χ2v) is 5.71. The lowest BCUT2D eigenvalue weighted by atomic mass is 10.0. The van der Waals surface area contributed by atoms with Crippen LogP contribution in [0.1, 0.15) is 70.9 Å². The van der Waals surface area contributed by atoms with Crippen LogP contribution in [0.4, 0.5) is 0 Å². The molecule has 1 N–H and O–H groups in total. The van der Waals surface area contributed by atoms with E-state index in [4.69, 9.17) is 0 Å². The Morgan fingerprint density at radius 2 is 1.85 bits per heavy atom. The van der Waals surface area contributed by atoms with Gasteiger partial charge in [-0.2, -0.15) is 0 Å². The van der Waals surface area contributed by atoms with Crippen LogP contribution in [-0.4, -0.2) is 17.6 Å². The minimum atomic E-state index is 0.665. The summed E-state index contributed by atoms with van der Waals surface area (Å²) in [5.74, 6) is 0. The van der Waals surface area contributed by atoms with E-state index in [1.54, 1.807) is 0 Å². The quantitative estimate of drug-likeness (QED) is 0.558. The summed E-state index contributed by atoms with van der Waals surface area (Å²) < 4.78 is 0. The zero-order valence-electron chi connectivity index (χ0n) is 13.4. The Morgan fingerprint density at radius 1 is 1.00 bits per heavy atom. The molecule has 0 saturated carbocycles. The number of hydrogen-bond acceptors (Lipinski definition) is 2. The van der Waals surface area contributed by atoms with Gasteiger partial charge in [-0.25, -0.2) is 0 Å². The molecule has 0 amide bonds. The maximum absolute atomic E-state index is 4.42. The van der Waals surface area contributed by atoms with Crippen molar-refractivity contribution in [1.82, 2.24) is 10.3 Å². The molecule has 114 valence electrons. The lowest BCUT2D eigenvalue weighted by molar-refractivity contribution is 0.429. The lowest BCUT2D eigenvalue weighted by Gasteiger charge is -2.18. The number of hydrogen-bond donors (Lipinski definition) is 1. The van der Waals surface area contributed by atoms with Crippen LogP contribution in [0.25, 0.3) is 0 Å². The third-order valence-corrected chi connectivity index (χ3v) is 3.81. The molecular formula is C18H32N2. The Hall–Kier alpha value is -0.890. The monoisotopic (exact) mass is 276 g/mol. The molecule has 0 saturated heterocycles. The van der Waals surface area contributed by atoms with Crippen LogP contribution in [0.15, 0.2) is 24.4 Å². The zero-order chi connectivity index (χ0) is 14.5. The summed E-state index contributed by atoms with van der Waals surface area (Å²) in [6.07, 6.45) is 13.6. The molecular weight excluding hydrogens is 244 g/mol. The fourth-order valence-electron chi connectivity index (χ4n) is 2.56. The van der Waals surface area contributed by atoms with Crippen molar-refractivity contribution >= 4 is 0 Å². The predicted molar refractivity (Wildman–Crippen MR) is 88.0 cm³/mol. The minimum absolute atomic E-state index is 0.665. The first-order chi connectivity index (χ1) is 9.86. The molecule has 0 fully saturated rings. The van der Waals surface area contributed by atoms with E-state index >= 15 is 0 Å². The van der Waals surface area contributed by atoms with Gasteiger partial charge in [0.25, 0.3) is 0 Å². The molecule has 1 unspecified atom stereocenters. The maximum atomic E-state index is 4.42. The number of aryl methyl sites for hydroxylation is 1. The van der Waals surface area contributed by atoms with Crippen molar-refractivity contribution in [2.75, 3.05) is 6.54 Å². The molecule has 0 radical (unpaired) electrons. The Morgan fingerprint density at radius 3 is 2.55 bits per heavy atom. The van der Waals surface area contributed by atoms with Gasteiger partial charge >= 0.3 is 0 Å². The molecule has 0 bridgehead atoms. The first-order valence-corrected chi connectivity index (χ1v) is 8.50. The molecule has 1 atom stereocenters. The van der Waals surface area contributed by atoms with E-state index in [1.165, 1.54) is 57.1 Å². The Bertz CT molecular complexity index is 310. The first kappa shape index (κ1) is 17.2. The highest BCUT2D eigenvalue weighted by Gasteiger charge is 2.08. The van der Waals surface area contributed by atoms with Crippen LogP contribution in [0, 0.1) is 0 Å². The Balaban J connectivity index is 2.24. The van der Waals surface area contributed by atoms with Gasteiger partial charge in [-0.15, -0.1) is 0 Å². The van der Waals surface area contributed by atoms with Gasteiger partial charge < -0.3 is 5.32 Å². The Labute approximate surface area is 125 Å². The van der Waals surface area contributed by atoms with E-state index < -0.39 is 0 Å². The van der Waals surface area contributed by atoms with Gasteiger partial charge in [-0.3, -0.25) is 4.98 Å². The normalized spacial score (nSPS) is 12.5. The number of unbranched alkanes of at least 4 members (excludes halogenated alkanes) is 4. The SMILES string of the molecule is CCCCCCCC(CCc1ccccn1)NCCC. The maximum Gasteiger partial charge on any atom is 0.0404 e. The molecule has 20 heavy (non-hydrogen) atoms. The largest absolute Gasteiger partial charge is 0.314 e. The van der Waals surface area contributed by atoms with Crippen LogP contribution >= 0.6 is 0 Å². The van der Waals surface area contributed by atoms with E-state index in [-0.39, 0.29) is 0 Å². The molecule has 0 aliphatic carbocycles. The third-order valence-electron chi connectivity index (χ3n) is 3.81. The molecule has 0 spiro atoms. The molecule has 0 aliphatic heterocycles. The van der Waals surface area contributed by atoms with Gasteiger partial charge in [0.15, 0.2) is 0 Å². The van der Waals surface area contributed by atoms with Crippen molar-refractivity contribution in [3.8, 4) is 0 Å². The van der Waals surface area contributed by atoms with Crippen molar-refractivity contribution in [3.05, 3.63) is 30.1 Å². The van der Waals surface area contributed by atoms with Gasteiger partial charge in [0.2, 0.25) is 0 Å². The van der Waals surface area contributed by atoms with Crippen molar-refractivity contribution in [3.63, 3.8) is 0 Å². The molecule has 1 aromatic heterocycles. The minimum Gasteiger partial charge on any atom is -0.314 e. The average molecular weight is 276 g/mol. The highest BCUT2D eigenvalue weighted by Crippen LogP contribution is 2.11. The standard InChI is InChI=1S/C18H32N2/c1-3-5-6-7-8-11-17(19-15-4-2)13-14-18-12-9-10-16-20-18/h9-10,12,16-17,19H,3-8,11,13-15H2,1-2H3. The number of pyridine rings is 1. The molecule has 1 rings (SSSR count). The third kappa shape index (κ3) is 8.31. The summed E-state index contributed by atoms with van der Waals surface area (Å²) in [5.41, 5.74) is 1.22. The molecule has 1 aromatic rings. The molecule has 2 nitrogen and oxygen atoms in total. The van der Waals surface area contributed by atoms with Crippen LogP contribution in [-0.2, 0) is 6.42 Å². The topological polar surface area (TPSA) is 24.9 Å². The highest BCUT2D eigenvalue weighted by molar-refractivity contribution is 5.03. The van der Waals surface area contributed by atoms with E-state index in [0.29, 0.717) is 6.04 Å². The summed E-state index contributed by atoms with van der Waals surface area (Å²) >= 11 is 0. The second kappa shape index (κ2) is 11.9. The summed E-state index contributed by atoms with van der Waals surface area (Å²) in [5, 5.41) is 3.70. The van der Waals surface area contributed by atoms with Crippen LogP contribution in [0.3, 0.4) is 0 Å². The predicted octanol–water partition coefficient (Wildman–Crippen LogP) is 4.74. The van der Waals surface area contributed by atoms with Crippen molar-refractivity contribution in [2.24, 2.45) is 0 Å².